The predicted molar refractivity (Wildman–Crippen MR) is 217 cm³/mol. The monoisotopic (exact) mass is 639 g/mol. The predicted octanol–water partition coefficient (Wildman–Crippen LogP) is 15.3. The van der Waals surface area contributed by atoms with Gasteiger partial charge in [-0.15, -0.1) is 0 Å². The van der Waals surface area contributed by atoms with Crippen molar-refractivity contribution in [3.8, 4) is 0 Å². The lowest BCUT2D eigenvalue weighted by molar-refractivity contribution is 0.702. The van der Waals surface area contributed by atoms with Crippen LogP contribution in [0.15, 0.2) is 67.0 Å². The van der Waals surface area contributed by atoms with Crippen LogP contribution in [0, 0.1) is 6.92 Å². The van der Waals surface area contributed by atoms with Crippen LogP contribution in [0.5, 0.6) is 0 Å². The first-order valence-corrected chi connectivity index (χ1v) is 19.2. The third-order valence-corrected chi connectivity index (χ3v) is 6.85. The van der Waals surface area contributed by atoms with Gasteiger partial charge in [0.25, 0.3) is 0 Å². The number of aromatic amines is 1. The van der Waals surface area contributed by atoms with Crippen molar-refractivity contribution in [3.05, 3.63) is 83.7 Å². The highest BCUT2D eigenvalue weighted by molar-refractivity contribution is 5.82. The molecule has 0 saturated carbocycles. The maximum atomic E-state index is 5.34. The molecule has 0 aliphatic heterocycles. The fourth-order valence-electron chi connectivity index (χ4n) is 3.70. The summed E-state index contributed by atoms with van der Waals surface area (Å²) >= 11 is 0. The first kappa shape index (κ1) is 50.4. The zero-order chi connectivity index (χ0) is 35.8. The number of hydrogen-bond acceptors (Lipinski definition) is 1. The van der Waals surface area contributed by atoms with Crippen LogP contribution >= 0.6 is 0 Å². The lowest BCUT2D eigenvalue weighted by Gasteiger charge is -1.95. The second-order valence-electron chi connectivity index (χ2n) is 11.9. The van der Waals surface area contributed by atoms with Gasteiger partial charge in [-0.2, -0.15) is 0 Å². The fourth-order valence-corrected chi connectivity index (χ4v) is 3.70. The van der Waals surface area contributed by atoms with Gasteiger partial charge in [0.15, 0.2) is 0 Å². The highest BCUT2D eigenvalue weighted by Crippen LogP contribution is 2.17. The molecule has 2 nitrogen and oxygen atoms in total. The minimum Gasteiger partial charge on any atom is -0.403 e. The van der Waals surface area contributed by atoms with E-state index in [9.17, 15) is 0 Å². The molecule has 46 heavy (non-hydrogen) atoms. The van der Waals surface area contributed by atoms with Crippen LogP contribution in [-0.4, -0.2) is 4.98 Å². The Kier molecular flexibility index (Phi) is 46.6. The van der Waals surface area contributed by atoms with Crippen LogP contribution in [0.3, 0.4) is 0 Å². The van der Waals surface area contributed by atoms with Crippen molar-refractivity contribution in [2.24, 2.45) is 5.73 Å². The Morgan fingerprint density at radius 2 is 1.04 bits per heavy atom. The number of allylic oxidation sites excluding steroid dienone is 1. The van der Waals surface area contributed by atoms with E-state index in [0.717, 1.165) is 25.0 Å². The molecule has 0 bridgehead atoms. The fraction of sp³-hybridized carbons (Fsp3) is 0.636. The number of para-hydroxylation sites is 1. The van der Waals surface area contributed by atoms with Gasteiger partial charge in [-0.05, 0) is 49.8 Å². The van der Waals surface area contributed by atoms with Crippen molar-refractivity contribution in [3.63, 3.8) is 0 Å². The summed E-state index contributed by atoms with van der Waals surface area (Å²) in [6, 6.07) is 17.1. The summed E-state index contributed by atoms with van der Waals surface area (Å²) in [7, 11) is 0. The molecule has 0 saturated heterocycles. The number of H-pyrrole nitrogens is 1. The van der Waals surface area contributed by atoms with E-state index in [2.05, 4.69) is 149 Å². The molecule has 0 spiro atoms. The molecule has 1 heterocycles. The summed E-state index contributed by atoms with van der Waals surface area (Å²) in [6.45, 7) is 29.7. The lowest BCUT2D eigenvalue weighted by atomic mass is 10.1. The number of unbranched alkanes of at least 4 members (excludes halogenated alkanes) is 8. The lowest BCUT2D eigenvalue weighted by Crippen LogP contribution is -1.93. The number of benzene rings is 2. The summed E-state index contributed by atoms with van der Waals surface area (Å²) < 4.78 is 0. The highest BCUT2D eigenvalue weighted by atomic mass is 14.7. The van der Waals surface area contributed by atoms with E-state index in [1.807, 2.05) is 0 Å². The Labute approximate surface area is 290 Å². The number of aryl methyl sites for hydroxylation is 3. The van der Waals surface area contributed by atoms with Gasteiger partial charge in [0.2, 0.25) is 0 Å². The van der Waals surface area contributed by atoms with Crippen LogP contribution in [0.2, 0.25) is 0 Å². The van der Waals surface area contributed by atoms with Crippen LogP contribution in [0.25, 0.3) is 10.9 Å². The van der Waals surface area contributed by atoms with E-state index in [0.29, 0.717) is 0 Å². The third-order valence-electron chi connectivity index (χ3n) is 6.85. The Morgan fingerprint density at radius 3 is 1.41 bits per heavy atom. The molecular formula is C44H82N2. The van der Waals surface area contributed by atoms with E-state index in [4.69, 9.17) is 5.73 Å². The van der Waals surface area contributed by atoms with Gasteiger partial charge in [-0.1, -0.05) is 208 Å². The van der Waals surface area contributed by atoms with Crippen molar-refractivity contribution < 1.29 is 0 Å². The zero-order valence-corrected chi connectivity index (χ0v) is 33.3. The van der Waals surface area contributed by atoms with Gasteiger partial charge in [-0.3, -0.25) is 0 Å². The summed E-state index contributed by atoms with van der Waals surface area (Å²) in [4.78, 5) is 3.24. The van der Waals surface area contributed by atoms with Crippen molar-refractivity contribution in [1.29, 1.82) is 0 Å². The van der Waals surface area contributed by atoms with Gasteiger partial charge in [0.05, 0.1) is 0 Å². The average Bonchev–Trinajstić information content (AvgIpc) is 3.50. The maximum Gasteiger partial charge on any atom is 0.0456 e. The zero-order valence-electron chi connectivity index (χ0n) is 33.3. The van der Waals surface area contributed by atoms with Gasteiger partial charge < -0.3 is 10.7 Å². The van der Waals surface area contributed by atoms with E-state index in [-0.39, 0.29) is 0 Å². The Morgan fingerprint density at radius 1 is 0.587 bits per heavy atom. The van der Waals surface area contributed by atoms with Crippen molar-refractivity contribution in [2.45, 2.75) is 186 Å². The molecule has 3 aromatic rings. The van der Waals surface area contributed by atoms with Crippen molar-refractivity contribution in [1.82, 2.24) is 4.98 Å². The van der Waals surface area contributed by atoms with E-state index >= 15 is 0 Å². The quantitative estimate of drug-likeness (QED) is 0.190. The maximum absolute atomic E-state index is 5.34. The first-order chi connectivity index (χ1) is 22.2. The Bertz CT molecular complexity index is 943. The smallest absolute Gasteiger partial charge is 0.0456 e. The van der Waals surface area contributed by atoms with Gasteiger partial charge >= 0.3 is 0 Å². The molecule has 0 unspecified atom stereocenters. The number of aromatic nitrogens is 1. The van der Waals surface area contributed by atoms with Crippen LogP contribution in [0.4, 0.5) is 0 Å². The summed E-state index contributed by atoms with van der Waals surface area (Å²) in [5.41, 5.74) is 11.6. The van der Waals surface area contributed by atoms with Crippen LogP contribution < -0.4 is 5.73 Å². The number of fused-ring (bicyclic) bond motifs is 1. The minimum atomic E-state index is 0.818. The molecule has 0 radical (unpaired) electrons. The summed E-state index contributed by atoms with van der Waals surface area (Å²) in [5, 5.41) is 1.36. The molecule has 0 amide bonds. The second kappa shape index (κ2) is 42.5. The number of hydrogen-bond donors (Lipinski definition) is 2. The standard InChI is InChI=1S/C10H11N.C9H12.C7H15N.C6H14.C5H12.C4H10.C3H8/c1-2-8-7-11-10-6-4-3-5-9(8)10;1-3-9-6-4-8(2)5-7-9;1-3-4-5-6-7(2)8;1-3-5-6-4-2;1-3-5-4-2;1-3-4-2;1-3-2/h3-7,11H,2H2,1H3;4-7H,3H2,1-2H3;2-6,8H2,1H3;3-6H2,1-2H3;3-5H2,1-2H3;3-4H2,1-2H3;3H2,1-2H3. The largest absolute Gasteiger partial charge is 0.403 e. The Hall–Kier alpha value is -2.48. The highest BCUT2D eigenvalue weighted by Gasteiger charge is 1.98. The molecule has 0 aliphatic carbocycles. The van der Waals surface area contributed by atoms with Crippen molar-refractivity contribution >= 4 is 10.9 Å². The number of nitrogens with two attached hydrogens (primary N) is 1. The van der Waals surface area contributed by atoms with Gasteiger partial charge in [0.1, 0.15) is 0 Å². The summed E-state index contributed by atoms with van der Waals surface area (Å²) in [6.07, 6.45) is 22.6. The van der Waals surface area contributed by atoms with Crippen LogP contribution in [-0.2, 0) is 12.8 Å². The molecule has 3 rings (SSSR count). The number of nitrogens with one attached hydrogen (secondary N) is 1. The molecule has 2 heteroatoms. The second-order valence-corrected chi connectivity index (χ2v) is 11.9. The van der Waals surface area contributed by atoms with Crippen molar-refractivity contribution in [2.75, 3.05) is 0 Å². The normalized spacial score (nSPS) is 9.13. The van der Waals surface area contributed by atoms with E-state index < -0.39 is 0 Å². The molecule has 3 N–H and O–H groups in total. The van der Waals surface area contributed by atoms with Gasteiger partial charge in [0, 0.05) is 22.8 Å². The summed E-state index contributed by atoms with van der Waals surface area (Å²) in [5.74, 6) is 0. The molecule has 0 aliphatic rings. The van der Waals surface area contributed by atoms with E-state index in [1.54, 1.807) is 0 Å². The molecule has 268 valence electrons. The average molecular weight is 639 g/mol. The van der Waals surface area contributed by atoms with Gasteiger partial charge in [-0.25, -0.2) is 0 Å². The first-order valence-electron chi connectivity index (χ1n) is 19.2. The molecule has 1 aromatic heterocycles. The molecule has 0 fully saturated rings. The molecule has 2 aromatic carbocycles. The SMILES string of the molecule is C=C(N)CCCCC.CCC.CCCC.CCCCC.CCCCCC.CCc1c[nH]c2ccccc12.CCc1ccc(C)cc1. The number of rotatable bonds is 12. The third kappa shape index (κ3) is 37.7. The molecular weight excluding hydrogens is 556 g/mol. The molecule has 0 atom stereocenters. The minimum absolute atomic E-state index is 0.818. The van der Waals surface area contributed by atoms with E-state index in [1.165, 1.54) is 111 Å². The Balaban J connectivity index is -0.000000233. The topological polar surface area (TPSA) is 41.8 Å². The van der Waals surface area contributed by atoms with Crippen LogP contribution in [0.1, 0.15) is 183 Å².